The lowest BCUT2D eigenvalue weighted by Crippen LogP contribution is -2.70. The topological polar surface area (TPSA) is 93.9 Å². The number of amides is 2. The van der Waals surface area contributed by atoms with Gasteiger partial charge in [-0.1, -0.05) is 66.5 Å². The van der Waals surface area contributed by atoms with Crippen molar-refractivity contribution in [2.75, 3.05) is 33.9 Å². The normalized spacial score (nSPS) is 25.7. The minimum Gasteiger partial charge on any atom is -0.497 e. The highest BCUT2D eigenvalue weighted by Gasteiger charge is 2.64. The Bertz CT molecular complexity index is 1440. The van der Waals surface area contributed by atoms with Crippen LogP contribution in [0.3, 0.4) is 0 Å². The number of methoxy groups -OCH3 is 2. The second kappa shape index (κ2) is 12.2. The molecule has 0 aliphatic carbocycles. The van der Waals surface area contributed by atoms with Crippen molar-refractivity contribution < 1.29 is 19.1 Å². The first-order valence-corrected chi connectivity index (χ1v) is 15.0. The number of ether oxygens (including phenoxy) is 2. The number of likely N-dealkylation sites (tertiary alicyclic amines) is 1. The monoisotopic (exact) mass is 609 g/mol. The summed E-state index contributed by atoms with van der Waals surface area (Å²) in [6.07, 6.45) is 1.76. The Labute approximate surface area is 257 Å². The van der Waals surface area contributed by atoms with Gasteiger partial charge in [-0.2, -0.15) is 0 Å². The second-order valence-electron chi connectivity index (χ2n) is 11.2. The third-order valence-electron chi connectivity index (χ3n) is 9.41. The number of nitrogens with zero attached hydrogens (tertiary/aromatic N) is 1. The molecule has 4 unspecified atom stereocenters. The molecular formula is C33H37Cl2N3O4. The van der Waals surface area contributed by atoms with E-state index in [9.17, 15) is 9.59 Å². The zero-order valence-corrected chi connectivity index (χ0v) is 25.7. The molecule has 7 nitrogen and oxygen atoms in total. The first-order valence-electron chi connectivity index (χ1n) is 14.3. The van der Waals surface area contributed by atoms with Gasteiger partial charge < -0.3 is 25.4 Å². The highest BCUT2D eigenvalue weighted by atomic mass is 35.5. The minimum atomic E-state index is -1.11. The number of rotatable bonds is 8. The molecule has 2 fully saturated rings. The standard InChI is InChI=1S/C33H37Cl2N3O4/c1-4-33(24-12-14-37-20-24)29(21-10-11-27(34)28(35)18-21)32(31(36)40,23-8-6-5-7-9-23)13-15-38(33)30(39)22-16-25(41-2)19-26(17-22)42-3/h5-11,16-19,24,29,37H,4,12-15,20H2,1-3H3,(H2,36,40). The van der Waals surface area contributed by atoms with Crippen LogP contribution in [0.5, 0.6) is 11.5 Å². The third-order valence-corrected chi connectivity index (χ3v) is 10.1. The molecule has 0 saturated carbocycles. The Morgan fingerprint density at radius 3 is 2.24 bits per heavy atom. The van der Waals surface area contributed by atoms with Crippen molar-refractivity contribution in [2.24, 2.45) is 11.7 Å². The van der Waals surface area contributed by atoms with Crippen molar-refractivity contribution in [3.63, 3.8) is 0 Å². The quantitative estimate of drug-likeness (QED) is 0.335. The number of halogens is 2. The lowest BCUT2D eigenvalue weighted by atomic mass is 9.51. The van der Waals surface area contributed by atoms with Crippen LogP contribution in [0.2, 0.25) is 10.0 Å². The summed E-state index contributed by atoms with van der Waals surface area (Å²) in [5.41, 5.74) is 6.64. The van der Waals surface area contributed by atoms with Crippen molar-refractivity contribution in [3.8, 4) is 11.5 Å². The molecule has 0 bridgehead atoms. The molecule has 3 aromatic rings. The molecule has 0 spiro atoms. The average Bonchev–Trinajstić information content (AvgIpc) is 3.57. The molecule has 5 rings (SSSR count). The van der Waals surface area contributed by atoms with Crippen LogP contribution in [0.1, 0.15) is 53.6 Å². The summed E-state index contributed by atoms with van der Waals surface area (Å²) in [6, 6.07) is 20.4. The lowest BCUT2D eigenvalue weighted by molar-refractivity contribution is -0.131. The van der Waals surface area contributed by atoms with Crippen molar-refractivity contribution in [1.82, 2.24) is 10.2 Å². The molecule has 2 aliphatic rings. The van der Waals surface area contributed by atoms with Gasteiger partial charge in [0.25, 0.3) is 5.91 Å². The first-order chi connectivity index (χ1) is 20.2. The predicted molar refractivity (Wildman–Crippen MR) is 166 cm³/mol. The van der Waals surface area contributed by atoms with Crippen LogP contribution >= 0.6 is 23.2 Å². The van der Waals surface area contributed by atoms with Crippen LogP contribution < -0.4 is 20.5 Å². The first kappa shape index (κ1) is 30.2. The third kappa shape index (κ3) is 4.91. The second-order valence-corrected chi connectivity index (χ2v) is 12.0. The van der Waals surface area contributed by atoms with Crippen LogP contribution in [0.15, 0.2) is 66.7 Å². The number of primary amides is 1. The van der Waals surface area contributed by atoms with Gasteiger partial charge in [0.2, 0.25) is 5.91 Å². The maximum Gasteiger partial charge on any atom is 0.254 e. The van der Waals surface area contributed by atoms with Crippen LogP contribution in [-0.4, -0.2) is 56.1 Å². The Balaban J connectivity index is 1.81. The number of benzene rings is 3. The van der Waals surface area contributed by atoms with Gasteiger partial charge in [0.05, 0.1) is 35.2 Å². The minimum absolute atomic E-state index is 0.0288. The van der Waals surface area contributed by atoms with E-state index in [2.05, 4.69) is 12.2 Å². The molecule has 2 heterocycles. The van der Waals surface area contributed by atoms with E-state index in [-0.39, 0.29) is 11.8 Å². The van der Waals surface area contributed by atoms with Crippen LogP contribution in [0.4, 0.5) is 0 Å². The molecule has 9 heteroatoms. The smallest absolute Gasteiger partial charge is 0.254 e. The van der Waals surface area contributed by atoms with Gasteiger partial charge in [0, 0.05) is 30.6 Å². The molecule has 2 saturated heterocycles. The van der Waals surface area contributed by atoms with E-state index in [1.807, 2.05) is 47.4 Å². The summed E-state index contributed by atoms with van der Waals surface area (Å²) in [4.78, 5) is 30.7. The SMILES string of the molecule is CCC1(C2CCNC2)C(c2ccc(Cl)c(Cl)c2)C(C(N)=O)(c2ccccc2)CCN1C(=O)c1cc(OC)cc(OC)c1. The van der Waals surface area contributed by atoms with E-state index in [1.165, 1.54) is 0 Å². The van der Waals surface area contributed by atoms with Gasteiger partial charge in [-0.25, -0.2) is 0 Å². The highest BCUT2D eigenvalue weighted by molar-refractivity contribution is 6.42. The number of piperidine rings is 1. The van der Waals surface area contributed by atoms with Crippen LogP contribution in [0.25, 0.3) is 0 Å². The Morgan fingerprint density at radius 1 is 1.00 bits per heavy atom. The number of carbonyl (C=O) groups excluding carboxylic acids is 2. The van der Waals surface area contributed by atoms with E-state index in [1.54, 1.807) is 38.5 Å². The Morgan fingerprint density at radius 2 is 1.69 bits per heavy atom. The number of hydrogen-bond acceptors (Lipinski definition) is 5. The zero-order valence-electron chi connectivity index (χ0n) is 24.2. The fraction of sp³-hybridized carbons (Fsp3) is 0.394. The van der Waals surface area contributed by atoms with Gasteiger partial charge in [-0.3, -0.25) is 9.59 Å². The van der Waals surface area contributed by atoms with E-state index >= 15 is 0 Å². The fourth-order valence-electron chi connectivity index (χ4n) is 7.54. The number of hydrogen-bond donors (Lipinski definition) is 2. The van der Waals surface area contributed by atoms with Gasteiger partial charge in [0.15, 0.2) is 0 Å². The number of nitrogens with two attached hydrogens (primary N) is 1. The van der Waals surface area contributed by atoms with Crippen LogP contribution in [-0.2, 0) is 10.2 Å². The lowest BCUT2D eigenvalue weighted by Gasteiger charge is -2.61. The predicted octanol–water partition coefficient (Wildman–Crippen LogP) is 5.82. The molecule has 0 aromatic heterocycles. The van der Waals surface area contributed by atoms with E-state index in [0.29, 0.717) is 53.0 Å². The average molecular weight is 611 g/mol. The van der Waals surface area contributed by atoms with Gasteiger partial charge >= 0.3 is 0 Å². The molecule has 3 aromatic carbocycles. The summed E-state index contributed by atoms with van der Waals surface area (Å²) in [5, 5.41) is 4.32. The molecule has 222 valence electrons. The van der Waals surface area contributed by atoms with E-state index in [4.69, 9.17) is 38.4 Å². The zero-order chi connectivity index (χ0) is 30.1. The van der Waals surface area contributed by atoms with Crippen molar-refractivity contribution in [3.05, 3.63) is 93.5 Å². The van der Waals surface area contributed by atoms with Crippen molar-refractivity contribution in [2.45, 2.75) is 43.1 Å². The van der Waals surface area contributed by atoms with Crippen molar-refractivity contribution in [1.29, 1.82) is 0 Å². The van der Waals surface area contributed by atoms with Gasteiger partial charge in [0.1, 0.15) is 11.5 Å². The molecule has 4 atom stereocenters. The Hall–Kier alpha value is -3.26. The maximum atomic E-state index is 14.7. The molecular weight excluding hydrogens is 573 g/mol. The van der Waals surface area contributed by atoms with Gasteiger partial charge in [-0.15, -0.1) is 0 Å². The van der Waals surface area contributed by atoms with Crippen LogP contribution in [0, 0.1) is 5.92 Å². The van der Waals surface area contributed by atoms with Crippen molar-refractivity contribution >= 4 is 35.0 Å². The fourth-order valence-corrected chi connectivity index (χ4v) is 7.85. The molecule has 2 aliphatic heterocycles. The summed E-state index contributed by atoms with van der Waals surface area (Å²) in [5.74, 6) is -0.0194. The molecule has 3 N–H and O–H groups in total. The maximum absolute atomic E-state index is 14.7. The highest BCUT2D eigenvalue weighted by Crippen LogP contribution is 2.58. The number of nitrogens with one attached hydrogen (secondary N) is 1. The molecule has 0 radical (unpaired) electrons. The van der Waals surface area contributed by atoms with Gasteiger partial charge in [-0.05, 0) is 67.1 Å². The number of carbonyl (C=O) groups is 2. The van der Waals surface area contributed by atoms with E-state index in [0.717, 1.165) is 24.1 Å². The summed E-state index contributed by atoms with van der Waals surface area (Å²) >= 11 is 13.0. The summed E-state index contributed by atoms with van der Waals surface area (Å²) < 4.78 is 11.0. The Kier molecular flexibility index (Phi) is 8.74. The summed E-state index contributed by atoms with van der Waals surface area (Å²) in [7, 11) is 3.12. The van der Waals surface area contributed by atoms with E-state index < -0.39 is 22.8 Å². The molecule has 2 amide bonds. The summed E-state index contributed by atoms with van der Waals surface area (Å²) in [6.45, 7) is 3.93. The largest absolute Gasteiger partial charge is 0.497 e. The molecule has 42 heavy (non-hydrogen) atoms.